The van der Waals surface area contributed by atoms with Gasteiger partial charge in [-0.05, 0) is 85.6 Å². The predicted octanol–water partition coefficient (Wildman–Crippen LogP) is 21.4. The van der Waals surface area contributed by atoms with Crippen molar-refractivity contribution in [3.8, 4) is 113 Å². The van der Waals surface area contributed by atoms with Crippen LogP contribution in [-0.2, 0) is 0 Å². The van der Waals surface area contributed by atoms with Crippen LogP contribution in [0.1, 0.15) is 0 Å². The van der Waals surface area contributed by atoms with Crippen molar-refractivity contribution in [1.82, 2.24) is 29.9 Å². The van der Waals surface area contributed by atoms with Crippen molar-refractivity contribution in [1.29, 1.82) is 0 Å². The summed E-state index contributed by atoms with van der Waals surface area (Å²) in [6.07, 6.45) is 0. The second-order valence-electron chi connectivity index (χ2n) is 22.1. The normalized spacial score (nSPS) is 11.3. The van der Waals surface area contributed by atoms with E-state index < -0.39 is 0 Å². The minimum absolute atomic E-state index is 0.607. The van der Waals surface area contributed by atoms with Crippen molar-refractivity contribution >= 4 is 54.6 Å². The smallest absolute Gasteiger partial charge is 0.164 e. The average molecular weight is 1150 g/mol. The number of aromatic nitrogens is 6. The second kappa shape index (κ2) is 23.2. The number of para-hydroxylation sites is 2. The predicted molar refractivity (Wildman–Crippen MR) is 366 cm³/mol. The minimum atomic E-state index is 0.607. The fourth-order valence-corrected chi connectivity index (χ4v) is 11.9. The number of fused-ring (bicyclic) bond motifs is 7. The molecule has 422 valence electrons. The highest BCUT2D eigenvalue weighted by atomic mass is 16.3. The highest BCUT2D eigenvalue weighted by Crippen LogP contribution is 2.40. The van der Waals surface area contributed by atoms with Crippen molar-refractivity contribution < 1.29 is 8.83 Å². The largest absolute Gasteiger partial charge is 0.456 e. The zero-order chi connectivity index (χ0) is 59.7. The molecular formula is C82H52N6O2. The highest BCUT2D eigenvalue weighted by molar-refractivity contribution is 6.13. The Kier molecular flexibility index (Phi) is 13.7. The summed E-state index contributed by atoms with van der Waals surface area (Å²) in [5, 5.41) is 6.39. The third-order valence-electron chi connectivity index (χ3n) is 16.5. The van der Waals surface area contributed by atoms with Gasteiger partial charge in [-0.2, -0.15) is 0 Å². The maximum Gasteiger partial charge on any atom is 0.164 e. The first-order chi connectivity index (χ1) is 44.6. The van der Waals surface area contributed by atoms with Crippen LogP contribution in [0.15, 0.2) is 324 Å². The van der Waals surface area contributed by atoms with E-state index in [1.165, 1.54) is 27.6 Å². The summed E-state index contributed by atoms with van der Waals surface area (Å²) >= 11 is 0. The zero-order valence-electron chi connectivity index (χ0n) is 48.5. The van der Waals surface area contributed by atoms with E-state index in [9.17, 15) is 0 Å². The van der Waals surface area contributed by atoms with Gasteiger partial charge in [0.1, 0.15) is 22.3 Å². The van der Waals surface area contributed by atoms with Crippen molar-refractivity contribution in [3.05, 3.63) is 315 Å². The molecule has 0 fully saturated rings. The molecule has 4 aromatic heterocycles. The third-order valence-corrected chi connectivity index (χ3v) is 16.5. The Balaban J connectivity index is 0.000000145. The van der Waals surface area contributed by atoms with Gasteiger partial charge in [0.2, 0.25) is 0 Å². The first-order valence-corrected chi connectivity index (χ1v) is 30.0. The average Bonchev–Trinajstić information content (AvgIpc) is 1.68. The highest BCUT2D eigenvalue weighted by Gasteiger charge is 2.20. The lowest BCUT2D eigenvalue weighted by molar-refractivity contribution is 0.668. The number of nitrogens with zero attached hydrogens (tertiary/aromatic N) is 6. The van der Waals surface area contributed by atoms with Gasteiger partial charge in [0.25, 0.3) is 0 Å². The molecule has 0 atom stereocenters. The van der Waals surface area contributed by atoms with Gasteiger partial charge in [-0.3, -0.25) is 0 Å². The molecule has 0 spiro atoms. The monoisotopic (exact) mass is 1150 g/mol. The van der Waals surface area contributed by atoms with Gasteiger partial charge in [0.05, 0.1) is 0 Å². The van der Waals surface area contributed by atoms with Crippen LogP contribution in [-0.4, -0.2) is 29.9 Å². The summed E-state index contributed by atoms with van der Waals surface area (Å²) in [5.41, 5.74) is 18.2. The molecule has 8 heteroatoms. The summed E-state index contributed by atoms with van der Waals surface area (Å²) < 4.78 is 12.4. The third kappa shape index (κ3) is 10.4. The maximum absolute atomic E-state index is 6.21. The summed E-state index contributed by atoms with van der Waals surface area (Å²) in [6, 6.07) is 108. The fraction of sp³-hybridized carbons (Fsp3) is 0. The molecule has 13 aromatic carbocycles. The molecule has 0 radical (unpaired) electrons. The van der Waals surface area contributed by atoms with E-state index in [2.05, 4.69) is 212 Å². The number of hydrogen-bond acceptors (Lipinski definition) is 8. The van der Waals surface area contributed by atoms with Crippen molar-refractivity contribution in [2.24, 2.45) is 0 Å². The molecule has 0 saturated heterocycles. The van der Waals surface area contributed by atoms with Crippen molar-refractivity contribution in [3.63, 3.8) is 0 Å². The van der Waals surface area contributed by atoms with Gasteiger partial charge in [-0.25, -0.2) is 29.9 Å². The van der Waals surface area contributed by atoms with Gasteiger partial charge in [-0.1, -0.05) is 285 Å². The summed E-state index contributed by atoms with van der Waals surface area (Å²) in [4.78, 5) is 30.1. The molecule has 0 aliphatic heterocycles. The van der Waals surface area contributed by atoms with Gasteiger partial charge in [-0.15, -0.1) is 0 Å². The van der Waals surface area contributed by atoms with E-state index in [1.54, 1.807) is 0 Å². The van der Waals surface area contributed by atoms with E-state index >= 15 is 0 Å². The van der Waals surface area contributed by atoms with Crippen LogP contribution in [0.5, 0.6) is 0 Å². The van der Waals surface area contributed by atoms with Crippen LogP contribution in [0, 0.1) is 0 Å². The number of benzene rings is 13. The molecular weight excluding hydrogens is 1100 g/mol. The van der Waals surface area contributed by atoms with E-state index in [-0.39, 0.29) is 0 Å². The summed E-state index contributed by atoms with van der Waals surface area (Å²) in [5.74, 6) is 3.72. The quantitative estimate of drug-likeness (QED) is 0.133. The minimum Gasteiger partial charge on any atom is -0.456 e. The fourth-order valence-electron chi connectivity index (χ4n) is 11.9. The molecule has 17 rings (SSSR count). The first-order valence-electron chi connectivity index (χ1n) is 30.0. The van der Waals surface area contributed by atoms with Crippen LogP contribution < -0.4 is 0 Å². The van der Waals surface area contributed by atoms with Crippen LogP contribution in [0.4, 0.5) is 0 Å². The molecule has 4 heterocycles. The van der Waals surface area contributed by atoms with E-state index in [1.807, 2.05) is 103 Å². The number of rotatable bonds is 10. The van der Waals surface area contributed by atoms with Crippen LogP contribution >= 0.6 is 0 Å². The Bertz CT molecular complexity index is 5440. The molecule has 0 saturated carbocycles. The van der Waals surface area contributed by atoms with Gasteiger partial charge < -0.3 is 8.83 Å². The van der Waals surface area contributed by atoms with E-state index in [4.69, 9.17) is 38.7 Å². The molecule has 0 bridgehead atoms. The van der Waals surface area contributed by atoms with Crippen LogP contribution in [0.25, 0.3) is 167 Å². The molecule has 8 nitrogen and oxygen atoms in total. The van der Waals surface area contributed by atoms with Gasteiger partial charge >= 0.3 is 0 Å². The lowest BCUT2D eigenvalue weighted by Gasteiger charge is -2.10. The molecule has 0 N–H and O–H groups in total. The summed E-state index contributed by atoms with van der Waals surface area (Å²) in [6.45, 7) is 0. The molecule has 0 amide bonds. The van der Waals surface area contributed by atoms with Gasteiger partial charge in [0, 0.05) is 54.9 Å². The Labute approximate surface area is 518 Å². The Morgan fingerprint density at radius 2 is 0.456 bits per heavy atom. The zero-order valence-corrected chi connectivity index (χ0v) is 48.5. The number of hydrogen-bond donors (Lipinski definition) is 0. The van der Waals surface area contributed by atoms with Gasteiger partial charge in [0.15, 0.2) is 34.9 Å². The Morgan fingerprint density at radius 3 is 0.867 bits per heavy atom. The molecule has 90 heavy (non-hydrogen) atoms. The summed E-state index contributed by atoms with van der Waals surface area (Å²) in [7, 11) is 0. The lowest BCUT2D eigenvalue weighted by Crippen LogP contribution is -2.00. The van der Waals surface area contributed by atoms with E-state index in [0.717, 1.165) is 105 Å². The van der Waals surface area contributed by atoms with Crippen LogP contribution in [0.3, 0.4) is 0 Å². The van der Waals surface area contributed by atoms with Crippen molar-refractivity contribution in [2.45, 2.75) is 0 Å². The van der Waals surface area contributed by atoms with Crippen LogP contribution in [0.2, 0.25) is 0 Å². The molecule has 0 unspecified atom stereocenters. The SMILES string of the molecule is c1ccc(-c2ccc(-c3ccc(-c4nc(-c5ccc6ccccc6c5)nc(-c5cccc6oc7ccccc7c56)n4)cc3)cc2)cc1.c1ccc(-c2ccc(-c3ccc(-c4nc(-c5ccccc5)nc(-c5cccc6oc7ccccc7c56)n4)cc3)cc2)cc1. The van der Waals surface area contributed by atoms with Crippen molar-refractivity contribution in [2.75, 3.05) is 0 Å². The number of furan rings is 2. The molecule has 17 aromatic rings. The lowest BCUT2D eigenvalue weighted by atomic mass is 9.99. The first kappa shape index (κ1) is 53.2. The second-order valence-corrected chi connectivity index (χ2v) is 22.1. The molecule has 0 aliphatic rings. The molecule has 0 aliphatic carbocycles. The Hall–Kier alpha value is -12.3. The van der Waals surface area contributed by atoms with E-state index in [0.29, 0.717) is 34.9 Å². The maximum atomic E-state index is 6.21. The Morgan fingerprint density at radius 1 is 0.178 bits per heavy atom. The standard InChI is InChI=1S/C43H27N3O.C39H25N3O/c1-2-9-28(10-3-1)30-17-19-31(20-18-30)32-21-24-33(25-22-32)41-44-42(35-26-23-29-11-4-5-12-34(29)27-35)46-43(45-41)37-14-8-16-39-40(37)36-13-6-7-15-38(36)47-39;1-3-10-26(11-4-1)27-18-20-28(21-19-27)29-22-24-31(25-23-29)38-40-37(30-12-5-2-6-13-30)41-39(42-38)33-15-9-17-35-36(33)32-14-7-8-16-34(32)43-35/h1-27H;1-25H. The topological polar surface area (TPSA) is 104 Å².